The predicted molar refractivity (Wildman–Crippen MR) is 57.3 cm³/mol. The molecule has 1 amide bonds. The summed E-state index contributed by atoms with van der Waals surface area (Å²) in [5.41, 5.74) is 0.980. The quantitative estimate of drug-likeness (QED) is 0.502. The van der Waals surface area contributed by atoms with Crippen molar-refractivity contribution in [2.24, 2.45) is 5.16 Å². The molecule has 4 nitrogen and oxygen atoms in total. The molecule has 0 aliphatic carbocycles. The van der Waals surface area contributed by atoms with Crippen LogP contribution < -0.4 is 5.32 Å². The molecule has 0 rings (SSSR count). The summed E-state index contributed by atoms with van der Waals surface area (Å²) >= 11 is 0. The van der Waals surface area contributed by atoms with Gasteiger partial charge < -0.3 is 10.2 Å². The number of nitrogens with one attached hydrogen (secondary N) is 1. The number of amides is 1. The van der Waals surface area contributed by atoms with Gasteiger partial charge in [-0.05, 0) is 19.3 Å². The van der Waals surface area contributed by atoms with Crippen molar-refractivity contribution in [3.63, 3.8) is 0 Å². The Morgan fingerprint density at radius 3 is 2.43 bits per heavy atom. The van der Waals surface area contributed by atoms with Crippen LogP contribution in [-0.2, 0) is 9.63 Å². The van der Waals surface area contributed by atoms with Crippen molar-refractivity contribution in [1.82, 2.24) is 5.32 Å². The zero-order valence-electron chi connectivity index (χ0n) is 9.30. The second kappa shape index (κ2) is 8.53. The second-order valence-electron chi connectivity index (χ2n) is 2.99. The Morgan fingerprint density at radius 2 is 1.93 bits per heavy atom. The van der Waals surface area contributed by atoms with Crippen molar-refractivity contribution in [2.45, 2.75) is 40.0 Å². The molecule has 0 aromatic carbocycles. The van der Waals surface area contributed by atoms with E-state index in [1.807, 2.05) is 20.8 Å². The Balaban J connectivity index is 3.61. The van der Waals surface area contributed by atoms with Crippen molar-refractivity contribution in [3.8, 4) is 0 Å². The summed E-state index contributed by atoms with van der Waals surface area (Å²) in [4.78, 5) is 16.0. The van der Waals surface area contributed by atoms with Gasteiger partial charge in [-0.1, -0.05) is 25.9 Å². The zero-order chi connectivity index (χ0) is 10.8. The van der Waals surface area contributed by atoms with E-state index in [9.17, 15) is 4.79 Å². The summed E-state index contributed by atoms with van der Waals surface area (Å²) in [5.74, 6) is -0.109. The largest absolute Gasteiger partial charge is 0.386 e. The maximum Gasteiger partial charge on any atom is 0.260 e. The number of hydrogen-bond donors (Lipinski definition) is 1. The minimum absolute atomic E-state index is 0.0174. The lowest BCUT2D eigenvalue weighted by molar-refractivity contribution is -0.125. The molecule has 0 saturated carbocycles. The molecular weight excluding hydrogens is 180 g/mol. The zero-order valence-corrected chi connectivity index (χ0v) is 9.30. The van der Waals surface area contributed by atoms with E-state index in [0.717, 1.165) is 25.0 Å². The number of oxime groups is 1. The van der Waals surface area contributed by atoms with Crippen LogP contribution in [0.2, 0.25) is 0 Å². The van der Waals surface area contributed by atoms with E-state index in [0.29, 0.717) is 6.54 Å². The molecule has 14 heavy (non-hydrogen) atoms. The number of carbonyl (C=O) groups excluding carboxylic acids is 1. The Morgan fingerprint density at radius 1 is 1.29 bits per heavy atom. The topological polar surface area (TPSA) is 50.7 Å². The van der Waals surface area contributed by atoms with Gasteiger partial charge >= 0.3 is 0 Å². The normalized spacial score (nSPS) is 9.36. The molecule has 82 valence electrons. The lowest BCUT2D eigenvalue weighted by Crippen LogP contribution is -2.27. The van der Waals surface area contributed by atoms with Gasteiger partial charge in [0.25, 0.3) is 5.91 Å². The van der Waals surface area contributed by atoms with Gasteiger partial charge in [0.1, 0.15) is 0 Å². The Kier molecular flexibility index (Phi) is 7.89. The number of carbonyl (C=O) groups is 1. The molecule has 0 aliphatic heterocycles. The Labute approximate surface area is 85.7 Å². The van der Waals surface area contributed by atoms with E-state index in [1.54, 1.807) is 0 Å². The monoisotopic (exact) mass is 200 g/mol. The van der Waals surface area contributed by atoms with Crippen LogP contribution in [0.15, 0.2) is 5.16 Å². The van der Waals surface area contributed by atoms with Crippen LogP contribution in [0, 0.1) is 0 Å². The fourth-order valence-corrected chi connectivity index (χ4v) is 0.877. The summed E-state index contributed by atoms with van der Waals surface area (Å²) in [7, 11) is 0. The molecule has 0 unspecified atom stereocenters. The van der Waals surface area contributed by atoms with Gasteiger partial charge in [0.05, 0.1) is 5.71 Å². The van der Waals surface area contributed by atoms with Crippen molar-refractivity contribution in [2.75, 3.05) is 13.2 Å². The number of hydrogen-bond acceptors (Lipinski definition) is 3. The molecule has 4 heteroatoms. The highest BCUT2D eigenvalue weighted by Crippen LogP contribution is 1.92. The van der Waals surface area contributed by atoms with Crippen molar-refractivity contribution < 1.29 is 9.63 Å². The number of nitrogens with zero attached hydrogens (tertiary/aromatic N) is 1. The standard InChI is InChI=1S/C10H20N2O2/c1-4-7-11-10(13)8-14-12-9(5-2)6-3/h4-8H2,1-3H3,(H,11,13). The third-order valence-electron chi connectivity index (χ3n) is 1.78. The first-order valence-electron chi connectivity index (χ1n) is 5.18. The van der Waals surface area contributed by atoms with E-state index >= 15 is 0 Å². The fourth-order valence-electron chi connectivity index (χ4n) is 0.877. The van der Waals surface area contributed by atoms with E-state index < -0.39 is 0 Å². The van der Waals surface area contributed by atoms with Crippen LogP contribution in [-0.4, -0.2) is 24.8 Å². The van der Waals surface area contributed by atoms with Gasteiger partial charge in [-0.3, -0.25) is 4.79 Å². The lowest BCUT2D eigenvalue weighted by atomic mass is 10.2. The molecular formula is C10H20N2O2. The van der Waals surface area contributed by atoms with Gasteiger partial charge in [0.2, 0.25) is 0 Å². The molecule has 0 bridgehead atoms. The molecule has 0 atom stereocenters. The molecule has 0 saturated heterocycles. The van der Waals surface area contributed by atoms with Crippen LogP contribution >= 0.6 is 0 Å². The first-order chi connectivity index (χ1) is 6.74. The van der Waals surface area contributed by atoms with Crippen LogP contribution in [0.4, 0.5) is 0 Å². The smallest absolute Gasteiger partial charge is 0.260 e. The molecule has 0 aromatic rings. The molecule has 0 aromatic heterocycles. The van der Waals surface area contributed by atoms with Crippen molar-refractivity contribution in [1.29, 1.82) is 0 Å². The average molecular weight is 200 g/mol. The first kappa shape index (κ1) is 12.9. The summed E-state index contributed by atoms with van der Waals surface area (Å²) < 4.78 is 0. The summed E-state index contributed by atoms with van der Waals surface area (Å²) in [6.45, 7) is 6.75. The van der Waals surface area contributed by atoms with Gasteiger partial charge in [0, 0.05) is 6.54 Å². The highest BCUT2D eigenvalue weighted by molar-refractivity contribution is 5.83. The van der Waals surface area contributed by atoms with Crippen LogP contribution in [0.5, 0.6) is 0 Å². The molecule has 0 spiro atoms. The molecule has 0 radical (unpaired) electrons. The van der Waals surface area contributed by atoms with Gasteiger partial charge in [-0.15, -0.1) is 0 Å². The van der Waals surface area contributed by atoms with Crippen LogP contribution in [0.3, 0.4) is 0 Å². The molecule has 0 aliphatic rings. The predicted octanol–water partition coefficient (Wildman–Crippen LogP) is 1.71. The first-order valence-corrected chi connectivity index (χ1v) is 5.18. The van der Waals surface area contributed by atoms with Crippen LogP contribution in [0.1, 0.15) is 40.0 Å². The fraction of sp³-hybridized carbons (Fsp3) is 0.800. The third-order valence-corrected chi connectivity index (χ3v) is 1.78. The third kappa shape index (κ3) is 6.46. The molecule has 0 heterocycles. The summed E-state index contributed by atoms with van der Waals surface area (Å²) in [6, 6.07) is 0. The summed E-state index contributed by atoms with van der Waals surface area (Å²) in [6.07, 6.45) is 2.67. The minimum atomic E-state index is -0.109. The van der Waals surface area contributed by atoms with E-state index in [4.69, 9.17) is 4.84 Å². The maximum atomic E-state index is 11.1. The highest BCUT2D eigenvalue weighted by Gasteiger charge is 1.99. The van der Waals surface area contributed by atoms with E-state index in [2.05, 4.69) is 10.5 Å². The van der Waals surface area contributed by atoms with Crippen LogP contribution in [0.25, 0.3) is 0 Å². The van der Waals surface area contributed by atoms with Gasteiger partial charge in [-0.2, -0.15) is 0 Å². The molecule has 1 N–H and O–H groups in total. The van der Waals surface area contributed by atoms with E-state index in [1.165, 1.54) is 0 Å². The molecule has 0 fully saturated rings. The Bertz CT molecular complexity index is 185. The van der Waals surface area contributed by atoms with Crippen molar-refractivity contribution >= 4 is 11.6 Å². The van der Waals surface area contributed by atoms with Gasteiger partial charge in [0.15, 0.2) is 6.61 Å². The summed E-state index contributed by atoms with van der Waals surface area (Å²) in [5, 5.41) is 6.57. The lowest BCUT2D eigenvalue weighted by Gasteiger charge is -2.03. The second-order valence-corrected chi connectivity index (χ2v) is 2.99. The Hall–Kier alpha value is -1.06. The SMILES string of the molecule is CCCNC(=O)CON=C(CC)CC. The van der Waals surface area contributed by atoms with Crippen molar-refractivity contribution in [3.05, 3.63) is 0 Å². The number of rotatable bonds is 7. The maximum absolute atomic E-state index is 11.1. The van der Waals surface area contributed by atoms with E-state index in [-0.39, 0.29) is 12.5 Å². The highest BCUT2D eigenvalue weighted by atomic mass is 16.6. The minimum Gasteiger partial charge on any atom is -0.386 e. The average Bonchev–Trinajstić information content (AvgIpc) is 2.21. The van der Waals surface area contributed by atoms with Gasteiger partial charge in [-0.25, -0.2) is 0 Å².